The maximum atomic E-state index is 13.8. The number of fused-ring (bicyclic) bond motifs is 9. The molecule has 3 aromatic rings. The number of nitro benzene ring substituents is 1. The minimum absolute atomic E-state index is 0.00161. The van der Waals surface area contributed by atoms with Gasteiger partial charge >= 0.3 is 4.87 Å². The molecule has 7 rings (SSSR count). The highest BCUT2D eigenvalue weighted by Gasteiger charge is 2.69. The largest absolute Gasteiger partial charge is 0.496 e. The molecule has 11 heteroatoms. The molecule has 3 fully saturated rings. The summed E-state index contributed by atoms with van der Waals surface area (Å²) in [4.78, 5) is 55.5. The average Bonchev–Trinajstić information content (AvgIpc) is 3.63. The van der Waals surface area contributed by atoms with Gasteiger partial charge in [-0.1, -0.05) is 29.5 Å². The summed E-state index contributed by atoms with van der Waals surface area (Å²) in [6, 6.07) is 13.4. The first-order valence-corrected chi connectivity index (χ1v) is 13.7. The smallest absolute Gasteiger partial charge is 0.305 e. The maximum absolute atomic E-state index is 13.8. The summed E-state index contributed by atoms with van der Waals surface area (Å²) < 4.78 is 5.71. The zero-order valence-corrected chi connectivity index (χ0v) is 21.2. The van der Waals surface area contributed by atoms with E-state index in [-0.39, 0.29) is 51.3 Å². The number of imide groups is 1. The van der Waals surface area contributed by atoms with Crippen molar-refractivity contribution in [2.24, 2.45) is 29.6 Å². The lowest BCUT2D eigenvalue weighted by molar-refractivity contribution is -0.384. The van der Waals surface area contributed by atoms with Crippen LogP contribution in [0.5, 0.6) is 5.75 Å². The van der Waals surface area contributed by atoms with Crippen LogP contribution in [0.25, 0.3) is 0 Å². The first-order valence-electron chi connectivity index (χ1n) is 12.0. The average molecular weight is 536 g/mol. The van der Waals surface area contributed by atoms with Crippen molar-refractivity contribution in [2.75, 3.05) is 12.0 Å². The molecule has 2 aliphatic carbocycles. The van der Waals surface area contributed by atoms with Crippen LogP contribution in [0, 0.1) is 39.7 Å². The number of hydrogen-bond acceptors (Lipinski definition) is 8. The highest BCUT2D eigenvalue weighted by Crippen LogP contribution is 2.69. The molecule has 188 valence electrons. The van der Waals surface area contributed by atoms with E-state index in [4.69, 9.17) is 4.74 Å². The van der Waals surface area contributed by atoms with Crippen molar-refractivity contribution in [3.05, 3.63) is 78.8 Å². The van der Waals surface area contributed by atoms with Gasteiger partial charge in [-0.2, -0.15) is 0 Å². The topological polar surface area (TPSA) is 123 Å². The molecule has 2 saturated carbocycles. The van der Waals surface area contributed by atoms with Gasteiger partial charge in [-0.25, -0.2) is 0 Å². The van der Waals surface area contributed by atoms with Crippen molar-refractivity contribution < 1.29 is 19.2 Å². The summed E-state index contributed by atoms with van der Waals surface area (Å²) in [5.41, 5.74) is 1.27. The highest BCUT2D eigenvalue weighted by atomic mass is 32.2. The Labute approximate surface area is 219 Å². The Morgan fingerprint density at radius 3 is 2.43 bits per heavy atom. The van der Waals surface area contributed by atoms with Crippen molar-refractivity contribution in [1.29, 1.82) is 0 Å². The number of amides is 2. The number of benzene rings is 2. The first-order chi connectivity index (χ1) is 17.9. The number of thioether (sulfide) groups is 1. The molecule has 1 N–H and O–H groups in total. The van der Waals surface area contributed by atoms with Crippen molar-refractivity contribution in [2.45, 2.75) is 22.6 Å². The first kappa shape index (κ1) is 22.7. The normalized spacial score (nSPS) is 31.3. The number of carbonyl (C=O) groups is 2. The van der Waals surface area contributed by atoms with E-state index in [1.165, 1.54) is 40.5 Å². The Bertz CT molecular complexity index is 1530. The number of nitrogens with zero attached hydrogens (tertiary/aromatic N) is 2. The van der Waals surface area contributed by atoms with E-state index in [9.17, 15) is 24.5 Å². The van der Waals surface area contributed by atoms with Gasteiger partial charge in [0.1, 0.15) is 5.75 Å². The van der Waals surface area contributed by atoms with Crippen LogP contribution < -0.4 is 14.5 Å². The Morgan fingerprint density at radius 2 is 1.73 bits per heavy atom. The van der Waals surface area contributed by atoms with Crippen LogP contribution >= 0.6 is 23.1 Å². The molecule has 2 aromatic carbocycles. The lowest BCUT2D eigenvalue weighted by Crippen LogP contribution is -2.42. The van der Waals surface area contributed by atoms with Gasteiger partial charge in [-0.3, -0.25) is 29.4 Å². The van der Waals surface area contributed by atoms with E-state index in [0.29, 0.717) is 5.69 Å². The zero-order chi connectivity index (χ0) is 25.6. The van der Waals surface area contributed by atoms with Crippen molar-refractivity contribution in [3.8, 4) is 5.75 Å². The van der Waals surface area contributed by atoms with Gasteiger partial charge in [0.05, 0.1) is 34.6 Å². The molecule has 37 heavy (non-hydrogen) atoms. The molecule has 2 aliphatic heterocycles. The summed E-state index contributed by atoms with van der Waals surface area (Å²) >= 11 is 2.85. The quantitative estimate of drug-likeness (QED) is 0.304. The minimum atomic E-state index is -0.505. The van der Waals surface area contributed by atoms with Crippen LogP contribution in [0.2, 0.25) is 0 Å². The number of para-hydroxylation sites is 1. The number of hydrogen-bond donors (Lipinski definition) is 1. The van der Waals surface area contributed by atoms with E-state index in [2.05, 4.69) is 4.98 Å². The number of anilines is 1. The lowest BCUT2D eigenvalue weighted by atomic mass is 9.68. The number of methoxy groups -OCH3 is 1. The van der Waals surface area contributed by atoms with Gasteiger partial charge < -0.3 is 9.72 Å². The van der Waals surface area contributed by atoms with Crippen LogP contribution in [0.3, 0.4) is 0 Å². The maximum Gasteiger partial charge on any atom is 0.305 e. The van der Waals surface area contributed by atoms with E-state index in [1.807, 2.05) is 24.3 Å². The third kappa shape index (κ3) is 3.07. The van der Waals surface area contributed by atoms with Crippen molar-refractivity contribution >= 4 is 46.3 Å². The number of thiazole rings is 1. The fraction of sp³-hybridized carbons (Fsp3) is 0.346. The predicted octanol–water partition coefficient (Wildman–Crippen LogP) is 4.03. The number of carbonyl (C=O) groups excluding carboxylic acids is 2. The Kier molecular flexibility index (Phi) is 4.93. The van der Waals surface area contributed by atoms with Crippen LogP contribution in [-0.2, 0) is 9.59 Å². The number of nitrogens with one attached hydrogen (secondary N) is 1. The van der Waals surface area contributed by atoms with Crippen LogP contribution in [0.15, 0.2) is 58.4 Å². The van der Waals surface area contributed by atoms with E-state index in [1.54, 1.807) is 18.9 Å². The molecule has 9 nitrogen and oxygen atoms in total. The standard InChI is InChI=1S/C26H21N3O6S2/c1-35-16-5-3-2-4-13(16)17-18-14-10-15(21(18)36-23-22(17)37-26(32)27-23)20-19(14)24(30)28(25(20)31)11-6-8-12(9-7-11)29(33)34/h2-9,14-15,17-21H,10H2,1H3,(H,27,32)/t14-,15+,17+,18-,19+,20+,21+/m0/s1. The Balaban J connectivity index is 1.31. The fourth-order valence-electron chi connectivity index (χ4n) is 7.27. The SMILES string of the molecule is COc1ccccc1[C@H]1c2sc(=O)[nH]c2S[C@@H]2[C@@H]3C[C@H]([C@H]4C(=O)N(c5ccc([N+](=O)[O-])cc5)C(=O)[C@H]34)[C@@H]12. The predicted molar refractivity (Wildman–Crippen MR) is 137 cm³/mol. The van der Waals surface area contributed by atoms with Crippen molar-refractivity contribution in [1.82, 2.24) is 4.98 Å². The molecule has 4 aliphatic rings. The Morgan fingerprint density at radius 1 is 1.03 bits per heavy atom. The summed E-state index contributed by atoms with van der Waals surface area (Å²) in [5.74, 6) is -0.652. The summed E-state index contributed by atoms with van der Waals surface area (Å²) in [6.07, 6.45) is 0.786. The van der Waals surface area contributed by atoms with E-state index < -0.39 is 16.8 Å². The summed E-state index contributed by atoms with van der Waals surface area (Å²) in [5, 5.41) is 12.0. The number of aromatic nitrogens is 1. The molecule has 1 aromatic heterocycles. The molecule has 7 atom stereocenters. The Hall–Kier alpha value is -3.44. The second-order valence-electron chi connectivity index (χ2n) is 9.99. The van der Waals surface area contributed by atoms with Crippen LogP contribution in [0.1, 0.15) is 22.8 Å². The van der Waals surface area contributed by atoms with Gasteiger partial charge in [0.2, 0.25) is 11.8 Å². The van der Waals surface area contributed by atoms with Gasteiger partial charge in [-0.15, -0.1) is 11.8 Å². The zero-order valence-electron chi connectivity index (χ0n) is 19.5. The van der Waals surface area contributed by atoms with Crippen LogP contribution in [-0.4, -0.2) is 34.1 Å². The molecule has 0 spiro atoms. The molecule has 2 bridgehead atoms. The summed E-state index contributed by atoms with van der Waals surface area (Å²) in [6.45, 7) is 0. The molecule has 3 heterocycles. The highest BCUT2D eigenvalue weighted by molar-refractivity contribution is 8.00. The van der Waals surface area contributed by atoms with Crippen molar-refractivity contribution in [3.63, 3.8) is 0 Å². The number of aromatic amines is 1. The number of non-ortho nitro benzene ring substituents is 1. The summed E-state index contributed by atoms with van der Waals surface area (Å²) in [7, 11) is 1.63. The lowest BCUT2D eigenvalue weighted by Gasteiger charge is -2.43. The second kappa shape index (κ2) is 8.03. The van der Waals surface area contributed by atoms with Gasteiger partial charge in [0.25, 0.3) is 5.69 Å². The van der Waals surface area contributed by atoms with Gasteiger partial charge in [0, 0.05) is 33.7 Å². The number of nitro groups is 1. The molecule has 0 radical (unpaired) electrons. The third-order valence-corrected chi connectivity index (χ3v) is 11.1. The molecule has 1 saturated heterocycles. The van der Waals surface area contributed by atoms with Crippen LogP contribution in [0.4, 0.5) is 11.4 Å². The number of rotatable bonds is 4. The minimum Gasteiger partial charge on any atom is -0.496 e. The molecular weight excluding hydrogens is 514 g/mol. The second-order valence-corrected chi connectivity index (χ2v) is 12.2. The fourth-order valence-corrected chi connectivity index (χ4v) is 10.1. The molecular formula is C26H21N3O6S2. The third-order valence-electron chi connectivity index (χ3n) is 8.52. The number of H-pyrrole nitrogens is 1. The van der Waals surface area contributed by atoms with Gasteiger partial charge in [-0.05, 0) is 42.4 Å². The van der Waals surface area contributed by atoms with E-state index in [0.717, 1.165) is 27.6 Å². The van der Waals surface area contributed by atoms with Gasteiger partial charge in [0.15, 0.2) is 0 Å². The molecule has 2 amide bonds. The molecule has 0 unspecified atom stereocenters. The monoisotopic (exact) mass is 535 g/mol. The number of ether oxygens (including phenoxy) is 1. The van der Waals surface area contributed by atoms with E-state index >= 15 is 0 Å².